The molecule has 1 saturated heterocycles. The minimum Gasteiger partial charge on any atom is -0.351 e. The summed E-state index contributed by atoms with van der Waals surface area (Å²) in [6.45, 7) is 0.937. The Kier molecular flexibility index (Phi) is 7.90. The normalized spacial score (nSPS) is 17.5. The number of amides is 2. The third kappa shape index (κ3) is 5.88. The van der Waals surface area contributed by atoms with Crippen LogP contribution in [0.15, 0.2) is 45.9 Å². The Balaban J connectivity index is 1.82. The van der Waals surface area contributed by atoms with Gasteiger partial charge >= 0.3 is 6.18 Å². The third-order valence-corrected chi connectivity index (χ3v) is 8.21. The van der Waals surface area contributed by atoms with Gasteiger partial charge in [0, 0.05) is 39.3 Å². The highest BCUT2D eigenvalue weighted by Crippen LogP contribution is 2.29. The molecule has 0 radical (unpaired) electrons. The number of carbonyl (C=O) groups excluding carboxylic acids is 2. The van der Waals surface area contributed by atoms with Gasteiger partial charge in [-0.05, 0) is 39.7 Å². The van der Waals surface area contributed by atoms with Gasteiger partial charge in [-0.25, -0.2) is 13.4 Å². The van der Waals surface area contributed by atoms with Crippen molar-refractivity contribution >= 4 is 49.4 Å². The van der Waals surface area contributed by atoms with E-state index in [-0.39, 0.29) is 46.6 Å². The first-order valence-corrected chi connectivity index (χ1v) is 12.4. The van der Waals surface area contributed by atoms with E-state index in [2.05, 4.69) is 26.2 Å². The summed E-state index contributed by atoms with van der Waals surface area (Å²) >= 11 is 8.97. The lowest BCUT2D eigenvalue weighted by Gasteiger charge is -2.39. The van der Waals surface area contributed by atoms with Gasteiger partial charge in [0.2, 0.25) is 21.8 Å². The van der Waals surface area contributed by atoms with Crippen LogP contribution in [-0.4, -0.2) is 60.1 Å². The van der Waals surface area contributed by atoms with Crippen molar-refractivity contribution in [3.8, 4) is 0 Å². The Morgan fingerprint density at radius 2 is 1.88 bits per heavy atom. The number of benzene rings is 1. The second kappa shape index (κ2) is 10.2. The Morgan fingerprint density at radius 1 is 1.24 bits per heavy atom. The zero-order chi connectivity index (χ0) is 25.3. The minimum absolute atomic E-state index is 0.0613. The van der Waals surface area contributed by atoms with Crippen LogP contribution in [0.3, 0.4) is 0 Å². The Bertz CT molecular complexity index is 1200. The number of nitrogens with one attached hydrogen (secondary N) is 1. The lowest BCUT2D eigenvalue weighted by Crippen LogP contribution is -2.61. The fourth-order valence-electron chi connectivity index (χ4n) is 3.35. The van der Waals surface area contributed by atoms with E-state index in [4.69, 9.17) is 11.6 Å². The van der Waals surface area contributed by atoms with Crippen molar-refractivity contribution in [1.29, 1.82) is 0 Å². The maximum atomic E-state index is 13.3. The Hall–Kier alpha value is -2.22. The Morgan fingerprint density at radius 3 is 2.44 bits per heavy atom. The van der Waals surface area contributed by atoms with Crippen LogP contribution in [0.2, 0.25) is 5.15 Å². The topological polar surface area (TPSA) is 99.7 Å². The Labute approximate surface area is 207 Å². The van der Waals surface area contributed by atoms with Gasteiger partial charge in [0.25, 0.3) is 0 Å². The molecule has 2 aromatic rings. The van der Waals surface area contributed by atoms with Crippen LogP contribution < -0.4 is 5.32 Å². The highest BCUT2D eigenvalue weighted by Gasteiger charge is 2.41. The molecule has 1 aliphatic heterocycles. The molecule has 1 aromatic heterocycles. The van der Waals surface area contributed by atoms with Gasteiger partial charge in [0.1, 0.15) is 16.1 Å². The van der Waals surface area contributed by atoms with Crippen LogP contribution >= 0.6 is 27.5 Å². The number of pyridine rings is 1. The minimum atomic E-state index is -4.49. The van der Waals surface area contributed by atoms with Crippen molar-refractivity contribution in [2.75, 3.05) is 19.6 Å². The summed E-state index contributed by atoms with van der Waals surface area (Å²) in [6, 6.07) is 4.23. The van der Waals surface area contributed by atoms with Crippen molar-refractivity contribution in [2.24, 2.45) is 0 Å². The first kappa shape index (κ1) is 26.4. The summed E-state index contributed by atoms with van der Waals surface area (Å²) < 4.78 is 66.0. The molecule has 184 valence electrons. The maximum Gasteiger partial charge on any atom is 0.416 e. The van der Waals surface area contributed by atoms with Gasteiger partial charge in [0.05, 0.1) is 10.0 Å². The van der Waals surface area contributed by atoms with Crippen LogP contribution in [-0.2, 0) is 32.3 Å². The number of sulfonamides is 1. The molecule has 8 nitrogen and oxygen atoms in total. The van der Waals surface area contributed by atoms with Gasteiger partial charge in [-0.3, -0.25) is 9.59 Å². The quantitative estimate of drug-likeness (QED) is 0.546. The van der Waals surface area contributed by atoms with Crippen LogP contribution in [0.5, 0.6) is 0 Å². The molecule has 2 amide bonds. The van der Waals surface area contributed by atoms with Crippen molar-refractivity contribution in [2.45, 2.75) is 30.6 Å². The molecule has 1 aliphatic rings. The highest BCUT2D eigenvalue weighted by atomic mass is 79.9. The molecule has 0 spiro atoms. The van der Waals surface area contributed by atoms with E-state index >= 15 is 0 Å². The predicted octanol–water partition coefficient (Wildman–Crippen LogP) is 3.05. The number of nitrogens with zero attached hydrogens (tertiary/aromatic N) is 3. The molecule has 2 heterocycles. The first-order valence-electron chi connectivity index (χ1n) is 9.83. The average Bonchev–Trinajstić information content (AvgIpc) is 2.78. The summed E-state index contributed by atoms with van der Waals surface area (Å²) in [4.78, 5) is 29.8. The van der Waals surface area contributed by atoms with Gasteiger partial charge in [-0.1, -0.05) is 23.7 Å². The fourth-order valence-corrected chi connectivity index (χ4v) is 5.50. The van der Waals surface area contributed by atoms with Crippen molar-refractivity contribution in [1.82, 2.24) is 19.5 Å². The van der Waals surface area contributed by atoms with E-state index in [1.807, 2.05) is 0 Å². The standard InChI is InChI=1S/C20H19BrClF3N4O4S/c1-12(30)28-6-7-29(34(32,33)15-8-16(21)18(22)26-10-15)17(11-28)19(31)27-9-13-2-4-14(5-3-13)20(23,24)25/h2-5,8,10,17H,6-7,9,11H2,1H3,(H,27,31). The monoisotopic (exact) mass is 582 g/mol. The number of aromatic nitrogens is 1. The first-order chi connectivity index (χ1) is 15.8. The number of hydrogen-bond acceptors (Lipinski definition) is 5. The molecule has 3 rings (SSSR count). The van der Waals surface area contributed by atoms with Crippen LogP contribution in [0.4, 0.5) is 13.2 Å². The molecular weight excluding hydrogens is 565 g/mol. The second-order valence-corrected chi connectivity index (χ2v) is 10.6. The molecule has 0 bridgehead atoms. The number of carbonyl (C=O) groups is 2. The van der Waals surface area contributed by atoms with E-state index in [0.29, 0.717) is 5.56 Å². The second-order valence-electron chi connectivity index (χ2n) is 7.45. The molecule has 0 saturated carbocycles. The number of piperazine rings is 1. The maximum absolute atomic E-state index is 13.3. The average molecular weight is 584 g/mol. The van der Waals surface area contributed by atoms with Gasteiger partial charge in [-0.15, -0.1) is 0 Å². The zero-order valence-electron chi connectivity index (χ0n) is 17.6. The SMILES string of the molecule is CC(=O)N1CCN(S(=O)(=O)c2cnc(Cl)c(Br)c2)C(C(=O)NCc2ccc(C(F)(F)F)cc2)C1. The predicted molar refractivity (Wildman–Crippen MR) is 120 cm³/mol. The van der Waals surface area contributed by atoms with E-state index in [9.17, 15) is 31.2 Å². The molecule has 1 N–H and O–H groups in total. The van der Waals surface area contributed by atoms with Gasteiger partial charge in [0.15, 0.2) is 0 Å². The number of rotatable bonds is 5. The number of hydrogen-bond donors (Lipinski definition) is 1. The van der Waals surface area contributed by atoms with Crippen molar-refractivity contribution in [3.05, 3.63) is 57.3 Å². The number of halogens is 5. The zero-order valence-corrected chi connectivity index (χ0v) is 20.8. The lowest BCUT2D eigenvalue weighted by molar-refractivity contribution is -0.138. The summed E-state index contributed by atoms with van der Waals surface area (Å²) in [7, 11) is -4.19. The number of alkyl halides is 3. The van der Waals surface area contributed by atoms with E-state index < -0.39 is 33.7 Å². The largest absolute Gasteiger partial charge is 0.416 e. The molecule has 1 unspecified atom stereocenters. The van der Waals surface area contributed by atoms with E-state index in [1.165, 1.54) is 30.0 Å². The molecule has 34 heavy (non-hydrogen) atoms. The summed E-state index contributed by atoms with van der Waals surface area (Å²) in [5.74, 6) is -1.02. The molecule has 0 aliphatic carbocycles. The fraction of sp³-hybridized carbons (Fsp3) is 0.350. The molecule has 1 fully saturated rings. The van der Waals surface area contributed by atoms with E-state index in [1.54, 1.807) is 0 Å². The molecular formula is C20H19BrClF3N4O4S. The summed E-state index contributed by atoms with van der Waals surface area (Å²) in [6.07, 6.45) is -3.42. The van der Waals surface area contributed by atoms with Gasteiger partial charge in [-0.2, -0.15) is 17.5 Å². The van der Waals surface area contributed by atoms with Crippen LogP contribution in [0.1, 0.15) is 18.1 Å². The highest BCUT2D eigenvalue weighted by molar-refractivity contribution is 9.10. The third-order valence-electron chi connectivity index (χ3n) is 5.21. The molecule has 1 atom stereocenters. The summed E-state index contributed by atoms with van der Waals surface area (Å²) in [5.41, 5.74) is -0.437. The lowest BCUT2D eigenvalue weighted by atomic mass is 10.1. The molecule has 14 heteroatoms. The van der Waals surface area contributed by atoms with Crippen LogP contribution in [0, 0.1) is 0 Å². The van der Waals surface area contributed by atoms with E-state index in [0.717, 1.165) is 22.6 Å². The molecule has 1 aromatic carbocycles. The van der Waals surface area contributed by atoms with Gasteiger partial charge < -0.3 is 10.2 Å². The van der Waals surface area contributed by atoms with Crippen molar-refractivity contribution in [3.63, 3.8) is 0 Å². The van der Waals surface area contributed by atoms with Crippen LogP contribution in [0.25, 0.3) is 0 Å². The van der Waals surface area contributed by atoms with Crippen molar-refractivity contribution < 1.29 is 31.2 Å². The smallest absolute Gasteiger partial charge is 0.351 e. The summed E-state index contributed by atoms with van der Waals surface area (Å²) in [5, 5.41) is 2.61.